The van der Waals surface area contributed by atoms with Gasteiger partial charge in [0.1, 0.15) is 0 Å². The molecule has 1 aromatic heterocycles. The van der Waals surface area contributed by atoms with Crippen molar-refractivity contribution < 1.29 is 4.74 Å². The zero-order valence-electron chi connectivity index (χ0n) is 18.8. The summed E-state index contributed by atoms with van der Waals surface area (Å²) in [4.78, 5) is 4.89. The van der Waals surface area contributed by atoms with E-state index in [1.165, 1.54) is 31.5 Å². The SMILES string of the molecule is CC(C)(C)Cc1c2c(cc3ccccc13)-c1nccc3[c]([Ge]([CH3])([CH3])[CH3])ccc(c13)O2. The first-order chi connectivity index (χ1) is 14.1. The number of nitrogens with zero attached hydrogens (tertiary/aromatic N) is 1. The van der Waals surface area contributed by atoms with E-state index >= 15 is 0 Å². The first kappa shape index (κ1) is 19.6. The summed E-state index contributed by atoms with van der Waals surface area (Å²) in [7, 11) is 0. The van der Waals surface area contributed by atoms with E-state index in [0.717, 1.165) is 29.2 Å². The van der Waals surface area contributed by atoms with Crippen LogP contribution in [0.5, 0.6) is 11.5 Å². The van der Waals surface area contributed by atoms with Crippen LogP contribution in [-0.4, -0.2) is 18.3 Å². The van der Waals surface area contributed by atoms with Crippen molar-refractivity contribution >= 4 is 39.2 Å². The Kier molecular flexibility index (Phi) is 4.31. The van der Waals surface area contributed by atoms with Crippen molar-refractivity contribution in [2.24, 2.45) is 5.41 Å². The van der Waals surface area contributed by atoms with Crippen LogP contribution in [0.3, 0.4) is 0 Å². The monoisotopic (exact) mass is 457 g/mol. The Morgan fingerprint density at radius 1 is 0.933 bits per heavy atom. The zero-order valence-corrected chi connectivity index (χ0v) is 20.9. The predicted molar refractivity (Wildman–Crippen MR) is 131 cm³/mol. The van der Waals surface area contributed by atoms with Crippen molar-refractivity contribution in [3.63, 3.8) is 0 Å². The fourth-order valence-corrected chi connectivity index (χ4v) is 8.08. The second-order valence-corrected chi connectivity index (χ2v) is 21.3. The van der Waals surface area contributed by atoms with Gasteiger partial charge in [-0.05, 0) is 0 Å². The Hall–Kier alpha value is -2.33. The van der Waals surface area contributed by atoms with Crippen LogP contribution < -0.4 is 9.13 Å². The van der Waals surface area contributed by atoms with Gasteiger partial charge in [0.05, 0.1) is 0 Å². The molecule has 0 radical (unpaired) electrons. The number of ether oxygens (including phenoxy) is 1. The third-order valence-electron chi connectivity index (χ3n) is 5.98. The van der Waals surface area contributed by atoms with Crippen LogP contribution in [0.15, 0.2) is 54.7 Å². The van der Waals surface area contributed by atoms with Crippen LogP contribution in [-0.2, 0) is 6.42 Å². The maximum atomic E-state index is 6.68. The summed E-state index contributed by atoms with van der Waals surface area (Å²) in [6.07, 6.45) is 2.93. The molecule has 4 aromatic rings. The van der Waals surface area contributed by atoms with E-state index in [4.69, 9.17) is 9.72 Å². The average molecular weight is 456 g/mol. The molecule has 0 saturated heterocycles. The Balaban J connectivity index is 1.88. The summed E-state index contributed by atoms with van der Waals surface area (Å²) in [5.41, 5.74) is 3.64. The molecular formula is C27H29GeNO. The van der Waals surface area contributed by atoms with E-state index in [1.54, 1.807) is 0 Å². The number of benzene rings is 3. The van der Waals surface area contributed by atoms with E-state index in [1.807, 2.05) is 6.20 Å². The summed E-state index contributed by atoms with van der Waals surface area (Å²) in [6.45, 7) is 6.87. The van der Waals surface area contributed by atoms with E-state index < -0.39 is 13.3 Å². The molecule has 0 aliphatic carbocycles. The molecule has 0 atom stereocenters. The van der Waals surface area contributed by atoms with Gasteiger partial charge in [-0.3, -0.25) is 0 Å². The predicted octanol–water partition coefficient (Wildman–Crippen LogP) is 7.29. The normalized spacial score (nSPS) is 13.4. The second kappa shape index (κ2) is 6.58. The first-order valence-electron chi connectivity index (χ1n) is 10.8. The molecule has 0 saturated carbocycles. The van der Waals surface area contributed by atoms with Crippen molar-refractivity contribution in [2.45, 2.75) is 44.5 Å². The Bertz CT molecular complexity index is 1310. The molecule has 3 heteroatoms. The molecule has 5 rings (SSSR count). The fraction of sp³-hybridized carbons (Fsp3) is 0.296. The number of aromatic nitrogens is 1. The Labute approximate surface area is 181 Å². The second-order valence-electron chi connectivity index (χ2n) is 10.7. The topological polar surface area (TPSA) is 22.1 Å². The maximum absolute atomic E-state index is 6.68. The minimum absolute atomic E-state index is 0.157. The summed E-state index contributed by atoms with van der Waals surface area (Å²) in [5.74, 6) is 9.28. The summed E-state index contributed by atoms with van der Waals surface area (Å²) in [6, 6.07) is 17.6. The third-order valence-corrected chi connectivity index (χ3v) is 10.3. The number of rotatable bonds is 2. The van der Waals surface area contributed by atoms with Crippen LogP contribution in [0, 0.1) is 5.41 Å². The molecule has 0 amide bonds. The molecule has 0 bridgehead atoms. The van der Waals surface area contributed by atoms with E-state index in [0.29, 0.717) is 0 Å². The fourth-order valence-electron chi connectivity index (χ4n) is 4.72. The van der Waals surface area contributed by atoms with Crippen molar-refractivity contribution in [2.75, 3.05) is 0 Å². The summed E-state index contributed by atoms with van der Waals surface area (Å²) in [5, 5.41) is 5.04. The molecule has 3 aromatic carbocycles. The van der Waals surface area contributed by atoms with Gasteiger partial charge in [-0.15, -0.1) is 0 Å². The van der Waals surface area contributed by atoms with Gasteiger partial charge >= 0.3 is 182 Å². The zero-order chi connectivity index (χ0) is 21.3. The molecule has 0 N–H and O–H groups in total. The van der Waals surface area contributed by atoms with Gasteiger partial charge in [-0.2, -0.15) is 0 Å². The molecule has 0 unspecified atom stereocenters. The molecule has 30 heavy (non-hydrogen) atoms. The van der Waals surface area contributed by atoms with Gasteiger partial charge in [0.2, 0.25) is 0 Å². The van der Waals surface area contributed by atoms with Crippen LogP contribution in [0.4, 0.5) is 0 Å². The molecule has 0 fully saturated rings. The Morgan fingerprint density at radius 2 is 1.70 bits per heavy atom. The van der Waals surface area contributed by atoms with Crippen LogP contribution in [0.25, 0.3) is 32.8 Å². The van der Waals surface area contributed by atoms with Crippen molar-refractivity contribution in [3.8, 4) is 22.8 Å². The standard InChI is InChI=1S/C27H29GeNO/c1-27(2,3)16-21-18-10-8-7-9-17(18)15-20-25-24-19(13-14-29-25)22(28(4,5)6)11-12-23(24)30-26(20)21/h7-15H,16H2,1-6H3. The van der Waals surface area contributed by atoms with Crippen LogP contribution in [0.1, 0.15) is 26.3 Å². The van der Waals surface area contributed by atoms with E-state index in [-0.39, 0.29) is 5.41 Å². The van der Waals surface area contributed by atoms with Gasteiger partial charge in [-0.25, -0.2) is 0 Å². The van der Waals surface area contributed by atoms with Crippen LogP contribution in [0.2, 0.25) is 17.3 Å². The molecule has 2 heterocycles. The van der Waals surface area contributed by atoms with E-state index in [2.05, 4.69) is 86.6 Å². The van der Waals surface area contributed by atoms with Crippen molar-refractivity contribution in [3.05, 3.63) is 60.3 Å². The minimum atomic E-state index is -2.04. The molecule has 1 aliphatic heterocycles. The third kappa shape index (κ3) is 3.13. The number of hydrogen-bond acceptors (Lipinski definition) is 2. The van der Waals surface area contributed by atoms with Gasteiger partial charge < -0.3 is 0 Å². The quantitative estimate of drug-likeness (QED) is 0.260. The number of pyridine rings is 1. The van der Waals surface area contributed by atoms with Gasteiger partial charge in [0, 0.05) is 0 Å². The van der Waals surface area contributed by atoms with Gasteiger partial charge in [0.25, 0.3) is 0 Å². The number of fused-ring (bicyclic) bond motifs is 3. The van der Waals surface area contributed by atoms with Crippen molar-refractivity contribution in [1.82, 2.24) is 4.98 Å². The summed E-state index contributed by atoms with van der Waals surface area (Å²) >= 11 is -2.04. The average Bonchev–Trinajstić information content (AvgIpc) is 2.67. The molecule has 0 spiro atoms. The molecular weight excluding hydrogens is 427 g/mol. The molecule has 1 aliphatic rings. The molecule has 152 valence electrons. The Morgan fingerprint density at radius 3 is 2.43 bits per heavy atom. The van der Waals surface area contributed by atoms with Gasteiger partial charge in [-0.1, -0.05) is 0 Å². The first-order valence-corrected chi connectivity index (χ1v) is 18.1. The van der Waals surface area contributed by atoms with Crippen molar-refractivity contribution in [1.29, 1.82) is 0 Å². The van der Waals surface area contributed by atoms with E-state index in [9.17, 15) is 0 Å². The summed E-state index contributed by atoms with van der Waals surface area (Å²) < 4.78 is 8.20. The van der Waals surface area contributed by atoms with Gasteiger partial charge in [0.15, 0.2) is 0 Å². The van der Waals surface area contributed by atoms with Crippen LogP contribution >= 0.6 is 0 Å². The number of hydrogen-bond donors (Lipinski definition) is 0. The molecule has 2 nitrogen and oxygen atoms in total.